The third-order valence-electron chi connectivity index (χ3n) is 5.27. The standard InChI is InChI=1S/C20H18N2.2Y/c1-6-21-11-16-9-8-13(3)18(16)20(21)19-15(5)14(4)10-17(19)12-22(20)7-2;;/h1-2,6-8H,9-10H2,3-5H3;;/q-2;;. The van der Waals surface area contributed by atoms with Crippen LogP contribution in [0.15, 0.2) is 57.5 Å². The van der Waals surface area contributed by atoms with Crippen LogP contribution in [0.25, 0.3) is 0 Å². The van der Waals surface area contributed by atoms with Crippen LogP contribution in [0, 0.1) is 13.2 Å². The van der Waals surface area contributed by atoms with Gasteiger partial charge in [0.2, 0.25) is 0 Å². The molecule has 0 fully saturated rings. The molecule has 2 radical (unpaired) electrons. The van der Waals surface area contributed by atoms with E-state index >= 15 is 0 Å². The van der Waals surface area contributed by atoms with Crippen molar-refractivity contribution in [2.24, 2.45) is 0 Å². The van der Waals surface area contributed by atoms with Gasteiger partial charge in [-0.15, -0.1) is 12.4 Å². The van der Waals surface area contributed by atoms with Gasteiger partial charge in [-0.3, -0.25) is 9.15 Å². The SMILES string of the molecule is [CH-]=C[N+]1=[C-]C2=C(C(C)=CC2)C12C1=C([C-]=[N+]2C=[CH-])CC(C)=C1C.[Y].[Y]. The zero-order valence-corrected chi connectivity index (χ0v) is 20.0. The van der Waals surface area contributed by atoms with E-state index in [-0.39, 0.29) is 65.4 Å². The summed E-state index contributed by atoms with van der Waals surface area (Å²) >= 11 is 0. The van der Waals surface area contributed by atoms with Crippen LogP contribution in [0.5, 0.6) is 0 Å². The van der Waals surface area contributed by atoms with Crippen molar-refractivity contribution in [3.8, 4) is 0 Å². The van der Waals surface area contributed by atoms with Crippen LogP contribution >= 0.6 is 0 Å². The fourth-order valence-electron chi connectivity index (χ4n) is 4.24. The molecule has 0 bridgehead atoms. The van der Waals surface area contributed by atoms with E-state index in [1.165, 1.54) is 39.0 Å². The number of hydrogen-bond donors (Lipinski definition) is 0. The van der Waals surface area contributed by atoms with Gasteiger partial charge in [-0.1, -0.05) is 47.8 Å². The van der Waals surface area contributed by atoms with Crippen molar-refractivity contribution in [1.29, 1.82) is 0 Å². The summed E-state index contributed by atoms with van der Waals surface area (Å²) in [6.07, 6.45) is 14.2. The maximum Gasteiger partial charge on any atom is 0.290 e. The summed E-state index contributed by atoms with van der Waals surface area (Å²) in [6.45, 7) is 18.4. The van der Waals surface area contributed by atoms with E-state index in [0.29, 0.717) is 0 Å². The van der Waals surface area contributed by atoms with Crippen LogP contribution in [0.1, 0.15) is 33.6 Å². The van der Waals surface area contributed by atoms with E-state index in [9.17, 15) is 0 Å². The molecular weight excluding hydrogens is 446 g/mol. The first-order valence-electron chi connectivity index (χ1n) is 7.59. The zero-order valence-electron chi connectivity index (χ0n) is 14.4. The van der Waals surface area contributed by atoms with Gasteiger partial charge in [-0.2, -0.15) is 0 Å². The van der Waals surface area contributed by atoms with Gasteiger partial charge in [0, 0.05) is 65.4 Å². The van der Waals surface area contributed by atoms with Crippen molar-refractivity contribution in [2.75, 3.05) is 0 Å². The summed E-state index contributed by atoms with van der Waals surface area (Å²) < 4.78 is 3.93. The van der Waals surface area contributed by atoms with Gasteiger partial charge in [0.25, 0.3) is 5.66 Å². The molecule has 2 aliphatic heterocycles. The first-order chi connectivity index (χ1) is 10.6. The van der Waals surface area contributed by atoms with Crippen molar-refractivity contribution < 1.29 is 74.6 Å². The molecule has 0 aromatic carbocycles. The van der Waals surface area contributed by atoms with E-state index < -0.39 is 5.66 Å². The molecule has 4 heteroatoms. The van der Waals surface area contributed by atoms with Gasteiger partial charge in [0.05, 0.1) is 0 Å². The molecule has 1 unspecified atom stereocenters. The molecule has 2 aliphatic carbocycles. The van der Waals surface area contributed by atoms with E-state index in [0.717, 1.165) is 12.8 Å². The van der Waals surface area contributed by atoms with Gasteiger partial charge in [0.1, 0.15) is 12.4 Å². The fraction of sp³-hybridized carbons (Fsp3) is 0.300. The van der Waals surface area contributed by atoms with Gasteiger partial charge >= 0.3 is 0 Å². The average Bonchev–Trinajstić information content (AvgIpc) is 3.18. The summed E-state index contributed by atoms with van der Waals surface area (Å²) in [5.74, 6) is 0. The van der Waals surface area contributed by atoms with Crippen molar-refractivity contribution in [3.63, 3.8) is 0 Å². The molecule has 0 saturated heterocycles. The molecule has 0 amide bonds. The topological polar surface area (TPSA) is 6.02 Å². The van der Waals surface area contributed by atoms with Gasteiger partial charge < -0.3 is 13.2 Å². The molecule has 4 aliphatic rings. The quantitative estimate of drug-likeness (QED) is 0.438. The number of fused-ring (bicyclic) bond motifs is 2. The van der Waals surface area contributed by atoms with Crippen molar-refractivity contribution in [3.05, 3.63) is 70.6 Å². The van der Waals surface area contributed by atoms with E-state index in [4.69, 9.17) is 13.2 Å². The molecular formula is C20H18N2Y2-2. The Morgan fingerprint density at radius 3 is 2.17 bits per heavy atom. The van der Waals surface area contributed by atoms with Crippen LogP contribution in [-0.4, -0.2) is 27.2 Å². The smallest absolute Gasteiger partial charge is 0.290 e. The Bertz CT molecular complexity index is 835. The number of hydrogen-bond acceptors (Lipinski definition) is 0. The molecule has 116 valence electrons. The largest absolute Gasteiger partial charge is 0.518 e. The molecule has 0 aromatic heterocycles. The second-order valence-electron chi connectivity index (χ2n) is 6.31. The Morgan fingerprint density at radius 1 is 1.00 bits per heavy atom. The Labute approximate surface area is 194 Å². The predicted octanol–water partition coefficient (Wildman–Crippen LogP) is 3.20. The minimum Gasteiger partial charge on any atom is -0.518 e. The van der Waals surface area contributed by atoms with Crippen LogP contribution in [-0.2, 0) is 65.4 Å². The molecule has 1 spiro atoms. The van der Waals surface area contributed by atoms with Gasteiger partial charge in [-0.25, -0.2) is 0 Å². The Balaban J connectivity index is 0.00000104. The van der Waals surface area contributed by atoms with Gasteiger partial charge in [0.15, 0.2) is 0 Å². The fourth-order valence-corrected chi connectivity index (χ4v) is 4.24. The maximum atomic E-state index is 5.96. The summed E-state index contributed by atoms with van der Waals surface area (Å²) in [5, 5.41) is 0. The molecule has 1 atom stereocenters. The van der Waals surface area contributed by atoms with Crippen molar-refractivity contribution >= 4 is 12.4 Å². The zero-order chi connectivity index (χ0) is 15.6. The summed E-state index contributed by atoms with van der Waals surface area (Å²) in [7, 11) is 0. The summed E-state index contributed by atoms with van der Waals surface area (Å²) in [5.41, 5.74) is 8.35. The minimum absolute atomic E-state index is 0. The second-order valence-corrected chi connectivity index (χ2v) is 6.31. The van der Waals surface area contributed by atoms with E-state index in [1.807, 2.05) is 9.15 Å². The van der Waals surface area contributed by atoms with Crippen molar-refractivity contribution in [2.45, 2.75) is 39.3 Å². The van der Waals surface area contributed by atoms with Crippen LogP contribution in [0.4, 0.5) is 0 Å². The minimum atomic E-state index is -0.535. The molecule has 0 saturated carbocycles. The third-order valence-corrected chi connectivity index (χ3v) is 5.27. The molecule has 0 aromatic rings. The second kappa shape index (κ2) is 6.95. The van der Waals surface area contributed by atoms with E-state index in [2.05, 4.69) is 39.3 Å². The van der Waals surface area contributed by atoms with E-state index in [1.54, 1.807) is 12.4 Å². The molecule has 0 N–H and O–H groups in total. The normalized spacial score (nSPS) is 26.7. The molecule has 24 heavy (non-hydrogen) atoms. The first-order valence-corrected chi connectivity index (χ1v) is 7.59. The van der Waals surface area contributed by atoms with Gasteiger partial charge in [-0.05, 0) is 30.9 Å². The van der Waals surface area contributed by atoms with Crippen LogP contribution in [0.2, 0.25) is 0 Å². The summed E-state index contributed by atoms with van der Waals surface area (Å²) in [4.78, 5) is 0. The van der Waals surface area contributed by atoms with Crippen LogP contribution in [0.3, 0.4) is 0 Å². The molecule has 4 rings (SSSR count). The van der Waals surface area contributed by atoms with Crippen LogP contribution < -0.4 is 0 Å². The first kappa shape index (κ1) is 20.3. The molecule has 2 nitrogen and oxygen atoms in total. The number of rotatable bonds is 2. The Hall–Kier alpha value is -0.0122. The van der Waals surface area contributed by atoms with Crippen molar-refractivity contribution in [1.82, 2.24) is 0 Å². The average molecular weight is 464 g/mol. The third kappa shape index (κ3) is 2.29. The number of nitrogens with zero attached hydrogens (tertiary/aromatic N) is 2. The monoisotopic (exact) mass is 464 g/mol. The maximum absolute atomic E-state index is 5.96. The number of allylic oxidation sites excluding steroid dienone is 4. The molecule has 2 heterocycles. The Morgan fingerprint density at radius 2 is 1.58 bits per heavy atom. The predicted molar refractivity (Wildman–Crippen MR) is 86.4 cm³/mol. The Kier molecular flexibility index (Phi) is 5.88. The summed E-state index contributed by atoms with van der Waals surface area (Å²) in [6, 6.07) is 0.